The van der Waals surface area contributed by atoms with E-state index in [1.165, 1.54) is 0 Å². The third-order valence-corrected chi connectivity index (χ3v) is 3.05. The van der Waals surface area contributed by atoms with Crippen LogP contribution >= 0.6 is 15.9 Å². The Labute approximate surface area is 95.7 Å². The average Bonchev–Trinajstić information content (AvgIpc) is 2.70. The van der Waals surface area contributed by atoms with Gasteiger partial charge in [0.2, 0.25) is 0 Å². The minimum Gasteiger partial charge on any atom is -0.390 e. The van der Waals surface area contributed by atoms with Crippen molar-refractivity contribution >= 4 is 15.9 Å². The van der Waals surface area contributed by atoms with Crippen LogP contribution in [0.2, 0.25) is 0 Å². The Balaban J connectivity index is 2.49. The van der Waals surface area contributed by atoms with Crippen LogP contribution < -0.4 is 0 Å². The minimum atomic E-state index is -0.0902. The van der Waals surface area contributed by atoms with E-state index in [1.54, 1.807) is 10.9 Å². The monoisotopic (exact) mass is 267 g/mol. The summed E-state index contributed by atoms with van der Waals surface area (Å²) in [6, 6.07) is 5.87. The van der Waals surface area contributed by atoms with Crippen molar-refractivity contribution in [3.63, 3.8) is 0 Å². The van der Waals surface area contributed by atoms with Gasteiger partial charge in [-0.3, -0.25) is 0 Å². The Kier molecular flexibility index (Phi) is 2.83. The Morgan fingerprint density at radius 2 is 2.27 bits per heavy atom. The van der Waals surface area contributed by atoms with Gasteiger partial charge in [0.15, 0.2) is 0 Å². The van der Waals surface area contributed by atoms with Crippen molar-refractivity contribution in [2.45, 2.75) is 13.5 Å². The van der Waals surface area contributed by atoms with Crippen molar-refractivity contribution in [2.24, 2.45) is 0 Å². The Morgan fingerprint density at radius 1 is 1.47 bits per heavy atom. The van der Waals surface area contributed by atoms with E-state index in [0.717, 1.165) is 15.7 Å². The molecule has 0 radical (unpaired) electrons. The molecule has 5 heteroatoms. The van der Waals surface area contributed by atoms with E-state index >= 15 is 0 Å². The lowest BCUT2D eigenvalue weighted by atomic mass is 10.2. The van der Waals surface area contributed by atoms with E-state index in [2.05, 4.69) is 26.2 Å². The number of hydrogen-bond donors (Lipinski definition) is 1. The van der Waals surface area contributed by atoms with E-state index < -0.39 is 0 Å². The largest absolute Gasteiger partial charge is 0.390 e. The molecule has 1 N–H and O–H groups in total. The molecule has 0 atom stereocenters. The molecule has 1 aromatic carbocycles. The van der Waals surface area contributed by atoms with Gasteiger partial charge in [-0.05, 0) is 24.6 Å². The molecule has 1 heterocycles. The van der Waals surface area contributed by atoms with Crippen molar-refractivity contribution in [1.82, 2.24) is 15.0 Å². The number of nitrogens with zero attached hydrogens (tertiary/aromatic N) is 3. The number of benzene rings is 1. The van der Waals surface area contributed by atoms with Gasteiger partial charge in [0.25, 0.3) is 0 Å². The van der Waals surface area contributed by atoms with Gasteiger partial charge < -0.3 is 5.11 Å². The van der Waals surface area contributed by atoms with Gasteiger partial charge in [0, 0.05) is 4.47 Å². The summed E-state index contributed by atoms with van der Waals surface area (Å²) in [5, 5.41) is 16.7. The highest BCUT2D eigenvalue weighted by molar-refractivity contribution is 9.10. The van der Waals surface area contributed by atoms with Crippen LogP contribution in [0, 0.1) is 6.92 Å². The fourth-order valence-electron chi connectivity index (χ4n) is 1.33. The number of halogens is 1. The number of aromatic nitrogens is 3. The number of aliphatic hydroxyl groups is 1. The van der Waals surface area contributed by atoms with Gasteiger partial charge >= 0.3 is 0 Å². The fourth-order valence-corrected chi connectivity index (χ4v) is 1.69. The topological polar surface area (TPSA) is 50.9 Å². The van der Waals surface area contributed by atoms with E-state index in [1.807, 2.05) is 25.1 Å². The van der Waals surface area contributed by atoms with Gasteiger partial charge in [-0.15, -0.1) is 5.10 Å². The zero-order valence-electron chi connectivity index (χ0n) is 8.18. The molecule has 2 aromatic rings. The maximum atomic E-state index is 8.90. The Morgan fingerprint density at radius 3 is 2.93 bits per heavy atom. The van der Waals surface area contributed by atoms with Gasteiger partial charge in [-0.1, -0.05) is 27.2 Å². The molecule has 0 saturated heterocycles. The highest BCUT2D eigenvalue weighted by Crippen LogP contribution is 2.21. The third-order valence-electron chi connectivity index (χ3n) is 2.19. The molecular weight excluding hydrogens is 258 g/mol. The van der Waals surface area contributed by atoms with Crippen molar-refractivity contribution in [3.8, 4) is 5.69 Å². The van der Waals surface area contributed by atoms with E-state index in [0.29, 0.717) is 5.69 Å². The first-order chi connectivity index (χ1) is 7.22. The zero-order chi connectivity index (χ0) is 10.8. The van der Waals surface area contributed by atoms with Crippen molar-refractivity contribution in [1.29, 1.82) is 0 Å². The van der Waals surface area contributed by atoms with Gasteiger partial charge in [-0.2, -0.15) is 0 Å². The first-order valence-corrected chi connectivity index (χ1v) is 5.29. The third kappa shape index (κ3) is 1.93. The van der Waals surface area contributed by atoms with Crippen molar-refractivity contribution in [3.05, 3.63) is 40.1 Å². The summed E-state index contributed by atoms with van der Waals surface area (Å²) in [6.07, 6.45) is 1.72. The predicted molar refractivity (Wildman–Crippen MR) is 59.7 cm³/mol. The molecule has 0 spiro atoms. The van der Waals surface area contributed by atoms with Crippen LogP contribution in [0.4, 0.5) is 0 Å². The zero-order valence-corrected chi connectivity index (χ0v) is 9.77. The van der Waals surface area contributed by atoms with Crippen LogP contribution in [0.15, 0.2) is 28.9 Å². The molecule has 0 amide bonds. The summed E-state index contributed by atoms with van der Waals surface area (Å²) >= 11 is 3.46. The van der Waals surface area contributed by atoms with Gasteiger partial charge in [-0.25, -0.2) is 4.68 Å². The molecule has 0 aliphatic heterocycles. The van der Waals surface area contributed by atoms with Gasteiger partial charge in [0.05, 0.1) is 18.5 Å². The summed E-state index contributed by atoms with van der Waals surface area (Å²) in [7, 11) is 0. The van der Waals surface area contributed by atoms with Crippen molar-refractivity contribution < 1.29 is 5.11 Å². The molecule has 15 heavy (non-hydrogen) atoms. The van der Waals surface area contributed by atoms with E-state index in [9.17, 15) is 0 Å². The summed E-state index contributed by atoms with van der Waals surface area (Å²) in [5.41, 5.74) is 2.61. The molecule has 78 valence electrons. The van der Waals surface area contributed by atoms with Gasteiger partial charge in [0.1, 0.15) is 5.69 Å². The van der Waals surface area contributed by atoms with Crippen LogP contribution in [-0.4, -0.2) is 20.1 Å². The second-order valence-corrected chi connectivity index (χ2v) is 4.05. The van der Waals surface area contributed by atoms with Crippen LogP contribution in [0.5, 0.6) is 0 Å². The summed E-state index contributed by atoms with van der Waals surface area (Å²) in [6.45, 7) is 1.91. The summed E-state index contributed by atoms with van der Waals surface area (Å²) < 4.78 is 2.69. The lowest BCUT2D eigenvalue weighted by Crippen LogP contribution is -1.98. The van der Waals surface area contributed by atoms with E-state index in [-0.39, 0.29) is 6.61 Å². The highest BCUT2D eigenvalue weighted by Gasteiger charge is 2.06. The Hall–Kier alpha value is -1.20. The predicted octanol–water partition coefficient (Wildman–Crippen LogP) is 1.83. The first kappa shape index (κ1) is 10.3. The molecule has 0 unspecified atom stereocenters. The maximum Gasteiger partial charge on any atom is 0.109 e. The Bertz CT molecular complexity index is 481. The highest BCUT2D eigenvalue weighted by atomic mass is 79.9. The second kappa shape index (κ2) is 4.12. The molecule has 0 saturated carbocycles. The van der Waals surface area contributed by atoms with E-state index in [4.69, 9.17) is 5.11 Å². The minimum absolute atomic E-state index is 0.0902. The molecule has 1 aromatic heterocycles. The van der Waals surface area contributed by atoms with Crippen LogP contribution in [0.1, 0.15) is 11.3 Å². The quantitative estimate of drug-likeness (QED) is 0.904. The SMILES string of the molecule is Cc1c(Br)cccc1-n1cc(CO)nn1. The molecule has 0 aliphatic carbocycles. The second-order valence-electron chi connectivity index (χ2n) is 3.20. The summed E-state index contributed by atoms with van der Waals surface area (Å²) in [4.78, 5) is 0. The molecule has 4 nitrogen and oxygen atoms in total. The molecule has 2 rings (SSSR count). The summed E-state index contributed by atoms with van der Waals surface area (Å²) in [5.74, 6) is 0. The lowest BCUT2D eigenvalue weighted by molar-refractivity contribution is 0.276. The lowest BCUT2D eigenvalue weighted by Gasteiger charge is -2.05. The fraction of sp³-hybridized carbons (Fsp3) is 0.200. The number of hydrogen-bond acceptors (Lipinski definition) is 3. The van der Waals surface area contributed by atoms with Crippen molar-refractivity contribution in [2.75, 3.05) is 0 Å². The molecular formula is C10H10BrN3O. The normalized spacial score (nSPS) is 10.6. The van der Waals surface area contributed by atoms with Crippen LogP contribution in [0.25, 0.3) is 5.69 Å². The maximum absolute atomic E-state index is 8.90. The number of rotatable bonds is 2. The molecule has 0 aliphatic rings. The van der Waals surface area contributed by atoms with Crippen LogP contribution in [0.3, 0.4) is 0 Å². The standard InChI is InChI=1S/C10H10BrN3O/c1-7-9(11)3-2-4-10(7)14-5-8(6-15)12-13-14/h2-5,15H,6H2,1H3. The molecule has 0 fully saturated rings. The first-order valence-electron chi connectivity index (χ1n) is 4.50. The molecule has 0 bridgehead atoms. The average molecular weight is 268 g/mol. The van der Waals surface area contributed by atoms with Crippen LogP contribution in [-0.2, 0) is 6.61 Å². The number of aliphatic hydroxyl groups excluding tert-OH is 1. The smallest absolute Gasteiger partial charge is 0.109 e.